The minimum absolute atomic E-state index is 0.0934. The third-order valence-electron chi connectivity index (χ3n) is 2.18. The van der Waals surface area contributed by atoms with Crippen molar-refractivity contribution in [3.05, 3.63) is 47.5 Å². The van der Waals surface area contributed by atoms with Gasteiger partial charge in [-0.1, -0.05) is 0 Å². The molecule has 0 aliphatic rings. The SMILES string of the molecule is N#Cc1c(C(=O)O)cnn1-c1ccc(F)cc1. The van der Waals surface area contributed by atoms with Crippen molar-refractivity contribution in [1.82, 2.24) is 9.78 Å². The highest BCUT2D eigenvalue weighted by Crippen LogP contribution is 2.14. The Balaban J connectivity index is 2.57. The van der Waals surface area contributed by atoms with Crippen LogP contribution in [-0.2, 0) is 0 Å². The van der Waals surface area contributed by atoms with Crippen LogP contribution in [-0.4, -0.2) is 20.9 Å². The summed E-state index contributed by atoms with van der Waals surface area (Å²) >= 11 is 0. The Morgan fingerprint density at radius 2 is 2.06 bits per heavy atom. The zero-order valence-electron chi connectivity index (χ0n) is 8.46. The zero-order chi connectivity index (χ0) is 12.4. The Kier molecular flexibility index (Phi) is 2.58. The molecule has 1 aromatic carbocycles. The number of nitrogens with zero attached hydrogens (tertiary/aromatic N) is 3. The van der Waals surface area contributed by atoms with Gasteiger partial charge in [0.15, 0.2) is 5.69 Å². The van der Waals surface area contributed by atoms with Crippen LogP contribution < -0.4 is 0 Å². The molecule has 0 saturated heterocycles. The Morgan fingerprint density at radius 1 is 1.41 bits per heavy atom. The minimum atomic E-state index is -1.23. The van der Waals surface area contributed by atoms with E-state index in [1.807, 2.05) is 0 Å². The number of hydrogen-bond donors (Lipinski definition) is 1. The zero-order valence-corrected chi connectivity index (χ0v) is 8.46. The van der Waals surface area contributed by atoms with Crippen LogP contribution in [0.3, 0.4) is 0 Å². The van der Waals surface area contributed by atoms with Gasteiger partial charge in [-0.3, -0.25) is 0 Å². The fourth-order valence-corrected chi connectivity index (χ4v) is 1.39. The van der Waals surface area contributed by atoms with Crippen molar-refractivity contribution < 1.29 is 14.3 Å². The van der Waals surface area contributed by atoms with Crippen molar-refractivity contribution in [2.45, 2.75) is 0 Å². The maximum absolute atomic E-state index is 12.7. The molecule has 1 heterocycles. The summed E-state index contributed by atoms with van der Waals surface area (Å²) in [7, 11) is 0. The molecule has 0 spiro atoms. The second-order valence-corrected chi connectivity index (χ2v) is 3.21. The smallest absolute Gasteiger partial charge is 0.340 e. The number of nitriles is 1. The van der Waals surface area contributed by atoms with Gasteiger partial charge in [0.1, 0.15) is 17.4 Å². The molecule has 0 unspecified atom stereocenters. The predicted octanol–water partition coefficient (Wildman–Crippen LogP) is 1.58. The molecular formula is C11H6FN3O2. The van der Waals surface area contributed by atoms with Crippen molar-refractivity contribution >= 4 is 5.97 Å². The third kappa shape index (κ3) is 1.86. The fourth-order valence-electron chi connectivity index (χ4n) is 1.39. The molecule has 0 bridgehead atoms. The van der Waals surface area contributed by atoms with Crippen LogP contribution in [0.25, 0.3) is 5.69 Å². The summed E-state index contributed by atoms with van der Waals surface area (Å²) < 4.78 is 13.9. The Labute approximate surface area is 95.3 Å². The molecule has 0 atom stereocenters. The molecule has 2 rings (SSSR count). The normalized spacial score (nSPS) is 9.88. The lowest BCUT2D eigenvalue weighted by Crippen LogP contribution is -2.03. The van der Waals surface area contributed by atoms with Crippen molar-refractivity contribution in [2.75, 3.05) is 0 Å². The number of aromatic nitrogens is 2. The van der Waals surface area contributed by atoms with Gasteiger partial charge in [0.25, 0.3) is 0 Å². The maximum atomic E-state index is 12.7. The van der Waals surface area contributed by atoms with E-state index in [2.05, 4.69) is 5.10 Å². The summed E-state index contributed by atoms with van der Waals surface area (Å²) in [6, 6.07) is 7.00. The highest BCUT2D eigenvalue weighted by molar-refractivity contribution is 5.89. The average Bonchev–Trinajstić information content (AvgIpc) is 2.73. The van der Waals surface area contributed by atoms with Crippen molar-refractivity contribution in [3.8, 4) is 11.8 Å². The Hall–Kier alpha value is -2.68. The average molecular weight is 231 g/mol. The lowest BCUT2D eigenvalue weighted by molar-refractivity contribution is 0.0696. The lowest BCUT2D eigenvalue weighted by Gasteiger charge is -2.02. The van der Waals surface area contributed by atoms with Gasteiger partial charge in [0.05, 0.1) is 11.9 Å². The fraction of sp³-hybridized carbons (Fsp3) is 0. The van der Waals surface area contributed by atoms with Crippen LogP contribution in [0.15, 0.2) is 30.5 Å². The van der Waals surface area contributed by atoms with Gasteiger partial charge in [0, 0.05) is 0 Å². The molecule has 0 aliphatic carbocycles. The Bertz CT molecular complexity index is 611. The van der Waals surface area contributed by atoms with Crippen molar-refractivity contribution in [2.24, 2.45) is 0 Å². The topological polar surface area (TPSA) is 78.9 Å². The standard InChI is InChI=1S/C11H6FN3O2/c12-7-1-3-8(4-2-7)15-10(5-13)9(6-14-15)11(16)17/h1-4,6H,(H,16,17). The number of rotatable bonds is 2. The number of hydrogen-bond acceptors (Lipinski definition) is 3. The summed E-state index contributed by atoms with van der Waals surface area (Å²) in [5, 5.41) is 21.5. The molecule has 0 saturated carbocycles. The number of halogens is 1. The monoisotopic (exact) mass is 231 g/mol. The lowest BCUT2D eigenvalue weighted by atomic mass is 10.2. The highest BCUT2D eigenvalue weighted by atomic mass is 19.1. The molecule has 0 amide bonds. The van der Waals surface area contributed by atoms with Crippen LogP contribution in [0.2, 0.25) is 0 Å². The number of carboxylic acid groups (broad SMARTS) is 1. The molecule has 17 heavy (non-hydrogen) atoms. The van der Waals surface area contributed by atoms with E-state index in [1.54, 1.807) is 6.07 Å². The minimum Gasteiger partial charge on any atom is -0.478 e. The number of aromatic carboxylic acids is 1. The van der Waals surface area contributed by atoms with Crippen molar-refractivity contribution in [1.29, 1.82) is 5.26 Å². The quantitative estimate of drug-likeness (QED) is 0.850. The van der Waals surface area contributed by atoms with E-state index in [0.29, 0.717) is 5.69 Å². The van der Waals surface area contributed by atoms with E-state index in [9.17, 15) is 9.18 Å². The number of carboxylic acids is 1. The van der Waals surface area contributed by atoms with E-state index in [-0.39, 0.29) is 11.3 Å². The first-order chi connectivity index (χ1) is 8.13. The predicted molar refractivity (Wildman–Crippen MR) is 55.2 cm³/mol. The third-order valence-corrected chi connectivity index (χ3v) is 2.18. The van der Waals surface area contributed by atoms with Gasteiger partial charge >= 0.3 is 5.97 Å². The van der Waals surface area contributed by atoms with E-state index < -0.39 is 11.8 Å². The molecule has 0 fully saturated rings. The van der Waals surface area contributed by atoms with Gasteiger partial charge in [-0.25, -0.2) is 13.9 Å². The summed E-state index contributed by atoms with van der Waals surface area (Å²) in [5.41, 5.74) is 0.149. The molecule has 1 N–H and O–H groups in total. The molecule has 5 nitrogen and oxygen atoms in total. The first-order valence-electron chi connectivity index (χ1n) is 4.61. The van der Waals surface area contributed by atoms with Crippen LogP contribution in [0.4, 0.5) is 4.39 Å². The number of benzene rings is 1. The highest BCUT2D eigenvalue weighted by Gasteiger charge is 2.17. The van der Waals surface area contributed by atoms with E-state index in [1.165, 1.54) is 24.3 Å². The van der Waals surface area contributed by atoms with Crippen molar-refractivity contribution in [3.63, 3.8) is 0 Å². The summed E-state index contributed by atoms with van der Waals surface area (Å²) in [5.74, 6) is -1.65. The maximum Gasteiger partial charge on any atom is 0.340 e. The Morgan fingerprint density at radius 3 is 2.59 bits per heavy atom. The van der Waals surface area contributed by atoms with Crippen LogP contribution in [0.5, 0.6) is 0 Å². The second-order valence-electron chi connectivity index (χ2n) is 3.21. The van der Waals surface area contributed by atoms with Gasteiger partial charge in [-0.15, -0.1) is 0 Å². The van der Waals surface area contributed by atoms with E-state index in [4.69, 9.17) is 10.4 Å². The van der Waals surface area contributed by atoms with Crippen LogP contribution in [0, 0.1) is 17.1 Å². The van der Waals surface area contributed by atoms with Gasteiger partial charge in [-0.2, -0.15) is 10.4 Å². The molecule has 0 aliphatic heterocycles. The van der Waals surface area contributed by atoms with Gasteiger partial charge < -0.3 is 5.11 Å². The van der Waals surface area contributed by atoms with Crippen LogP contribution >= 0.6 is 0 Å². The molecule has 2 aromatic rings. The summed E-state index contributed by atoms with van der Waals surface area (Å²) in [4.78, 5) is 10.8. The summed E-state index contributed by atoms with van der Waals surface area (Å²) in [6.07, 6.45) is 1.09. The first kappa shape index (κ1) is 10.8. The second kappa shape index (κ2) is 4.06. The van der Waals surface area contributed by atoms with E-state index in [0.717, 1.165) is 10.9 Å². The van der Waals surface area contributed by atoms with E-state index >= 15 is 0 Å². The molecule has 6 heteroatoms. The molecular weight excluding hydrogens is 225 g/mol. The van der Waals surface area contributed by atoms with Gasteiger partial charge in [0.2, 0.25) is 0 Å². The molecule has 84 valence electrons. The molecule has 0 radical (unpaired) electrons. The van der Waals surface area contributed by atoms with Crippen LogP contribution in [0.1, 0.15) is 16.1 Å². The first-order valence-corrected chi connectivity index (χ1v) is 4.61. The summed E-state index contributed by atoms with van der Waals surface area (Å²) in [6.45, 7) is 0. The number of carbonyl (C=O) groups is 1. The largest absolute Gasteiger partial charge is 0.478 e. The molecule has 1 aromatic heterocycles. The van der Waals surface area contributed by atoms with Gasteiger partial charge in [-0.05, 0) is 24.3 Å².